The second-order valence-corrected chi connectivity index (χ2v) is 9.87. The summed E-state index contributed by atoms with van der Waals surface area (Å²) in [5.41, 5.74) is 21.4. The number of nitrogens with zero attached hydrogens (tertiary/aromatic N) is 2. The van der Waals surface area contributed by atoms with E-state index < -0.39 is 0 Å². The maximum atomic E-state index is 13.9. The number of nitrogens with two attached hydrogens (primary N) is 3. The van der Waals surface area contributed by atoms with E-state index in [2.05, 4.69) is 0 Å². The molecule has 5 rings (SSSR count). The fraction of sp³-hybridized carbons (Fsp3) is 0.267. The number of carbonyl (C=O) groups is 1. The van der Waals surface area contributed by atoms with Gasteiger partial charge in [0.05, 0.1) is 11.2 Å². The SMILES string of the molecule is N=C(N)c1ccc2c(N)c(C(=O)N3CCC(CCN)CC3)n(Cc3ccc(Oc4ccccc4)cc3)c2c1. The van der Waals surface area contributed by atoms with Gasteiger partial charge in [0.15, 0.2) is 0 Å². The minimum atomic E-state index is -0.0710. The Morgan fingerprint density at radius 2 is 1.66 bits per heavy atom. The molecule has 0 saturated carbocycles. The van der Waals surface area contributed by atoms with Crippen LogP contribution in [-0.4, -0.2) is 40.8 Å². The van der Waals surface area contributed by atoms with E-state index in [1.54, 1.807) is 6.07 Å². The van der Waals surface area contributed by atoms with Crippen molar-refractivity contribution in [1.82, 2.24) is 9.47 Å². The topological polar surface area (TPSA) is 136 Å². The number of carbonyl (C=O) groups excluding carboxylic acids is 1. The predicted octanol–water partition coefficient (Wildman–Crippen LogP) is 4.55. The monoisotopic (exact) mass is 510 g/mol. The highest BCUT2D eigenvalue weighted by atomic mass is 16.5. The Hall–Kier alpha value is -4.30. The number of anilines is 1. The van der Waals surface area contributed by atoms with Gasteiger partial charge in [0, 0.05) is 30.6 Å². The number of likely N-dealkylation sites (tertiary alicyclic amines) is 1. The van der Waals surface area contributed by atoms with E-state index in [0.29, 0.717) is 49.0 Å². The fourth-order valence-corrected chi connectivity index (χ4v) is 5.22. The first kappa shape index (κ1) is 25.4. The highest BCUT2D eigenvalue weighted by Crippen LogP contribution is 2.33. The summed E-state index contributed by atoms with van der Waals surface area (Å²) >= 11 is 0. The summed E-state index contributed by atoms with van der Waals surface area (Å²) in [5, 5.41) is 8.69. The summed E-state index contributed by atoms with van der Waals surface area (Å²) in [7, 11) is 0. The summed E-state index contributed by atoms with van der Waals surface area (Å²) in [6, 6.07) is 22.9. The minimum Gasteiger partial charge on any atom is -0.457 e. The molecule has 8 nitrogen and oxygen atoms in total. The van der Waals surface area contributed by atoms with E-state index in [0.717, 1.165) is 47.2 Å². The molecular formula is C30H34N6O2. The summed E-state index contributed by atoms with van der Waals surface area (Å²) in [6.07, 6.45) is 2.88. The molecule has 1 fully saturated rings. The summed E-state index contributed by atoms with van der Waals surface area (Å²) in [5.74, 6) is 1.95. The molecule has 0 bridgehead atoms. The second-order valence-electron chi connectivity index (χ2n) is 9.87. The Morgan fingerprint density at radius 1 is 0.974 bits per heavy atom. The molecule has 0 spiro atoms. The normalized spacial score (nSPS) is 14.1. The van der Waals surface area contributed by atoms with E-state index >= 15 is 0 Å². The van der Waals surface area contributed by atoms with Crippen molar-refractivity contribution in [3.05, 3.63) is 89.6 Å². The van der Waals surface area contributed by atoms with Gasteiger partial charge in [0.2, 0.25) is 0 Å². The smallest absolute Gasteiger partial charge is 0.272 e. The molecule has 38 heavy (non-hydrogen) atoms. The van der Waals surface area contributed by atoms with Crippen LogP contribution in [0.4, 0.5) is 5.69 Å². The Bertz CT molecular complexity index is 1440. The number of amidine groups is 1. The van der Waals surface area contributed by atoms with Gasteiger partial charge < -0.3 is 31.4 Å². The second kappa shape index (κ2) is 11.0. The van der Waals surface area contributed by atoms with Gasteiger partial charge in [-0.2, -0.15) is 0 Å². The molecule has 7 N–H and O–H groups in total. The van der Waals surface area contributed by atoms with Crippen molar-refractivity contribution >= 4 is 28.3 Å². The van der Waals surface area contributed by atoms with Gasteiger partial charge in [-0.15, -0.1) is 0 Å². The highest BCUT2D eigenvalue weighted by molar-refractivity contribution is 6.09. The lowest BCUT2D eigenvalue weighted by Crippen LogP contribution is -2.40. The minimum absolute atomic E-state index is 0.0320. The van der Waals surface area contributed by atoms with Crippen molar-refractivity contribution in [2.45, 2.75) is 25.8 Å². The fourth-order valence-electron chi connectivity index (χ4n) is 5.22. The lowest BCUT2D eigenvalue weighted by atomic mass is 9.93. The number of benzene rings is 3. The van der Waals surface area contributed by atoms with Crippen molar-refractivity contribution in [2.75, 3.05) is 25.4 Å². The van der Waals surface area contributed by atoms with E-state index in [-0.39, 0.29) is 11.7 Å². The average molecular weight is 511 g/mol. The number of ether oxygens (including phenoxy) is 1. The van der Waals surface area contributed by atoms with Crippen molar-refractivity contribution in [2.24, 2.45) is 17.4 Å². The zero-order valence-electron chi connectivity index (χ0n) is 21.4. The van der Waals surface area contributed by atoms with Gasteiger partial charge in [0.1, 0.15) is 23.0 Å². The standard InChI is InChI=1S/C30H34N6O2/c31-15-12-20-13-16-35(17-14-20)30(37)28-27(32)25-11-8-22(29(33)34)18-26(25)36(28)19-21-6-9-24(10-7-21)38-23-4-2-1-3-5-23/h1-11,18,20H,12-17,19,31-32H2,(H3,33,34). The number of fused-ring (bicyclic) bond motifs is 1. The summed E-state index contributed by atoms with van der Waals surface area (Å²) in [6.45, 7) is 2.49. The molecule has 1 amide bonds. The number of nitrogens with one attached hydrogen (secondary N) is 1. The largest absolute Gasteiger partial charge is 0.457 e. The van der Waals surface area contributed by atoms with Gasteiger partial charge in [-0.05, 0) is 73.7 Å². The molecule has 0 atom stereocenters. The lowest BCUT2D eigenvalue weighted by molar-refractivity contribution is 0.0679. The van der Waals surface area contributed by atoms with Crippen molar-refractivity contribution in [3.63, 3.8) is 0 Å². The quantitative estimate of drug-likeness (QED) is 0.204. The summed E-state index contributed by atoms with van der Waals surface area (Å²) < 4.78 is 7.89. The molecule has 2 heterocycles. The molecule has 3 aromatic carbocycles. The van der Waals surface area contributed by atoms with Crippen molar-refractivity contribution < 1.29 is 9.53 Å². The van der Waals surface area contributed by atoms with Crippen LogP contribution in [0.2, 0.25) is 0 Å². The summed E-state index contributed by atoms with van der Waals surface area (Å²) in [4.78, 5) is 15.8. The van der Waals surface area contributed by atoms with Gasteiger partial charge in [-0.3, -0.25) is 10.2 Å². The highest BCUT2D eigenvalue weighted by Gasteiger charge is 2.29. The van der Waals surface area contributed by atoms with Crippen LogP contribution in [0.5, 0.6) is 11.5 Å². The lowest BCUT2D eigenvalue weighted by Gasteiger charge is -2.32. The molecule has 4 aromatic rings. The molecule has 1 saturated heterocycles. The third-order valence-corrected chi connectivity index (χ3v) is 7.34. The molecule has 1 aliphatic heterocycles. The number of aromatic nitrogens is 1. The number of nitrogen functional groups attached to an aromatic ring is 2. The number of hydrogen-bond donors (Lipinski definition) is 4. The predicted molar refractivity (Wildman–Crippen MR) is 152 cm³/mol. The molecule has 0 unspecified atom stereocenters. The van der Waals surface area contributed by atoms with E-state index in [1.165, 1.54) is 0 Å². The maximum Gasteiger partial charge on any atom is 0.272 e. The van der Waals surface area contributed by atoms with Crippen LogP contribution in [0.15, 0.2) is 72.8 Å². The first-order valence-corrected chi connectivity index (χ1v) is 13.0. The third kappa shape index (κ3) is 5.21. The Kier molecular flexibility index (Phi) is 7.33. The van der Waals surface area contributed by atoms with Crippen LogP contribution < -0.4 is 21.9 Å². The molecular weight excluding hydrogens is 476 g/mol. The van der Waals surface area contributed by atoms with Gasteiger partial charge in [-0.25, -0.2) is 0 Å². The molecule has 8 heteroatoms. The third-order valence-electron chi connectivity index (χ3n) is 7.34. The number of para-hydroxylation sites is 1. The Balaban J connectivity index is 1.47. The first-order chi connectivity index (χ1) is 18.4. The van der Waals surface area contributed by atoms with Crippen LogP contribution in [0.3, 0.4) is 0 Å². The molecule has 1 aromatic heterocycles. The number of amides is 1. The molecule has 196 valence electrons. The van der Waals surface area contributed by atoms with Gasteiger partial charge in [0.25, 0.3) is 5.91 Å². The van der Waals surface area contributed by atoms with Crippen molar-refractivity contribution in [1.29, 1.82) is 5.41 Å². The zero-order valence-corrected chi connectivity index (χ0v) is 21.4. The van der Waals surface area contributed by atoms with Gasteiger partial charge >= 0.3 is 0 Å². The zero-order chi connectivity index (χ0) is 26.6. The average Bonchev–Trinajstić information content (AvgIpc) is 3.21. The molecule has 0 aliphatic carbocycles. The van der Waals surface area contributed by atoms with Crippen LogP contribution >= 0.6 is 0 Å². The number of rotatable bonds is 8. The van der Waals surface area contributed by atoms with E-state index in [4.69, 9.17) is 27.3 Å². The molecule has 0 radical (unpaired) electrons. The Labute approximate surface area is 222 Å². The number of piperidine rings is 1. The van der Waals surface area contributed by atoms with Crippen molar-refractivity contribution in [3.8, 4) is 11.5 Å². The van der Waals surface area contributed by atoms with Crippen LogP contribution in [0.25, 0.3) is 10.9 Å². The van der Waals surface area contributed by atoms with E-state index in [1.807, 2.05) is 76.2 Å². The Morgan fingerprint density at radius 3 is 2.32 bits per heavy atom. The number of hydrogen-bond acceptors (Lipinski definition) is 5. The van der Waals surface area contributed by atoms with Gasteiger partial charge in [-0.1, -0.05) is 36.4 Å². The van der Waals surface area contributed by atoms with E-state index in [9.17, 15) is 4.79 Å². The van der Waals surface area contributed by atoms with Crippen LogP contribution in [0.1, 0.15) is 40.9 Å². The van der Waals surface area contributed by atoms with Crippen LogP contribution in [-0.2, 0) is 6.54 Å². The maximum absolute atomic E-state index is 13.9. The molecule has 1 aliphatic rings. The first-order valence-electron chi connectivity index (χ1n) is 13.0. The van der Waals surface area contributed by atoms with Crippen LogP contribution in [0, 0.1) is 11.3 Å².